The predicted octanol–water partition coefficient (Wildman–Crippen LogP) is 1.78. The van der Waals surface area contributed by atoms with Crippen molar-refractivity contribution in [1.29, 1.82) is 0 Å². The van der Waals surface area contributed by atoms with Crippen molar-refractivity contribution in [2.75, 3.05) is 38.2 Å². The van der Waals surface area contributed by atoms with Crippen molar-refractivity contribution in [2.24, 2.45) is 0 Å². The molecule has 2 N–H and O–H groups in total. The number of pyridine rings is 1. The van der Waals surface area contributed by atoms with E-state index < -0.39 is 0 Å². The van der Waals surface area contributed by atoms with E-state index in [0.717, 1.165) is 6.42 Å². The van der Waals surface area contributed by atoms with Crippen LogP contribution in [0.15, 0.2) is 12.3 Å². The minimum atomic E-state index is -0.0772. The van der Waals surface area contributed by atoms with Crippen LogP contribution in [-0.4, -0.2) is 59.8 Å². The van der Waals surface area contributed by atoms with Gasteiger partial charge >= 0.3 is 0 Å². The van der Waals surface area contributed by atoms with E-state index >= 15 is 0 Å². The van der Waals surface area contributed by atoms with Gasteiger partial charge in [0, 0.05) is 31.9 Å². The lowest BCUT2D eigenvalue weighted by Crippen LogP contribution is -2.40. The van der Waals surface area contributed by atoms with Crippen molar-refractivity contribution in [3.05, 3.63) is 22.8 Å². The number of rotatable bonds is 6. The number of aromatic nitrogens is 1. The van der Waals surface area contributed by atoms with E-state index in [1.54, 1.807) is 11.0 Å². The molecule has 7 heteroatoms. The number of halogens is 1. The Labute approximate surface area is 135 Å². The smallest absolute Gasteiger partial charge is 0.255 e. The molecule has 0 aliphatic carbocycles. The number of carbonyl (C=O) groups is 1. The van der Waals surface area contributed by atoms with Gasteiger partial charge in [0.2, 0.25) is 0 Å². The molecule has 0 spiro atoms. The van der Waals surface area contributed by atoms with Crippen molar-refractivity contribution < 1.29 is 14.6 Å². The van der Waals surface area contributed by atoms with Crippen molar-refractivity contribution in [1.82, 2.24) is 9.88 Å². The molecule has 1 aromatic rings. The van der Waals surface area contributed by atoms with Gasteiger partial charge in [0.25, 0.3) is 5.91 Å². The van der Waals surface area contributed by atoms with Crippen LogP contribution in [0, 0.1) is 0 Å². The largest absolute Gasteiger partial charge is 0.396 e. The summed E-state index contributed by atoms with van der Waals surface area (Å²) in [6, 6.07) is 1.75. The summed E-state index contributed by atoms with van der Waals surface area (Å²) in [4.78, 5) is 18.4. The lowest BCUT2D eigenvalue weighted by atomic mass is 10.1. The number of ether oxygens (including phenoxy) is 1. The fourth-order valence-corrected chi connectivity index (χ4v) is 2.56. The maximum Gasteiger partial charge on any atom is 0.255 e. The zero-order valence-electron chi connectivity index (χ0n) is 12.7. The third-order valence-corrected chi connectivity index (χ3v) is 3.99. The summed E-state index contributed by atoms with van der Waals surface area (Å²) in [5.41, 5.74) is 0.479. The number of nitrogens with zero attached hydrogens (tertiary/aromatic N) is 2. The number of aliphatic hydroxyl groups is 1. The molecule has 2 rings (SSSR count). The van der Waals surface area contributed by atoms with Crippen LogP contribution in [0.5, 0.6) is 0 Å². The van der Waals surface area contributed by atoms with E-state index in [1.807, 2.05) is 6.92 Å². The minimum absolute atomic E-state index is 0.0772. The van der Waals surface area contributed by atoms with Crippen molar-refractivity contribution >= 4 is 23.3 Å². The Balaban J connectivity index is 2.06. The van der Waals surface area contributed by atoms with Crippen LogP contribution in [0.3, 0.4) is 0 Å². The third-order valence-electron chi connectivity index (χ3n) is 3.70. The van der Waals surface area contributed by atoms with Gasteiger partial charge in [-0.3, -0.25) is 4.79 Å². The molecule has 1 atom stereocenters. The van der Waals surface area contributed by atoms with Gasteiger partial charge in [0.15, 0.2) is 0 Å². The van der Waals surface area contributed by atoms with Crippen LogP contribution in [-0.2, 0) is 4.74 Å². The predicted molar refractivity (Wildman–Crippen MR) is 85.4 cm³/mol. The van der Waals surface area contributed by atoms with Gasteiger partial charge in [0.05, 0.1) is 23.8 Å². The molecular weight excluding hydrogens is 306 g/mol. The summed E-state index contributed by atoms with van der Waals surface area (Å²) < 4.78 is 5.24. The van der Waals surface area contributed by atoms with Gasteiger partial charge < -0.3 is 20.1 Å². The molecule has 1 unspecified atom stereocenters. The molecule has 1 aliphatic rings. The van der Waals surface area contributed by atoms with Crippen LogP contribution in [0.2, 0.25) is 5.02 Å². The molecule has 1 fully saturated rings. The van der Waals surface area contributed by atoms with Gasteiger partial charge in [-0.2, -0.15) is 0 Å². The topological polar surface area (TPSA) is 74.7 Å². The van der Waals surface area contributed by atoms with Gasteiger partial charge in [-0.25, -0.2) is 4.98 Å². The Hall–Kier alpha value is -1.37. The Morgan fingerprint density at radius 2 is 2.27 bits per heavy atom. The first-order valence-electron chi connectivity index (χ1n) is 7.55. The highest BCUT2D eigenvalue weighted by Gasteiger charge is 2.20. The molecule has 1 aliphatic heterocycles. The Bertz CT molecular complexity index is 507. The third kappa shape index (κ3) is 4.32. The molecule has 0 radical (unpaired) electrons. The molecule has 0 saturated carbocycles. The summed E-state index contributed by atoms with van der Waals surface area (Å²) in [6.45, 7) is 4.43. The number of aliphatic hydroxyl groups excluding tert-OH is 1. The molecule has 2 heterocycles. The molecule has 0 aromatic carbocycles. The maximum atomic E-state index is 12.4. The van der Waals surface area contributed by atoms with Crippen molar-refractivity contribution in [3.8, 4) is 0 Å². The van der Waals surface area contributed by atoms with Crippen LogP contribution in [0.4, 0.5) is 5.82 Å². The number of nitrogens with one attached hydrogen (secondary N) is 1. The standard InChI is InChI=1S/C15H22ClN3O3/c1-2-12(3-6-20)18-14-13(16)9-11(10-17-14)15(21)19-4-7-22-8-5-19/h9-10,12,20H,2-8H2,1H3,(H,17,18). The number of anilines is 1. The lowest BCUT2D eigenvalue weighted by Gasteiger charge is -2.27. The maximum absolute atomic E-state index is 12.4. The number of carbonyl (C=O) groups excluding carboxylic acids is 1. The highest BCUT2D eigenvalue weighted by Crippen LogP contribution is 2.22. The van der Waals surface area contributed by atoms with Crippen LogP contribution >= 0.6 is 11.6 Å². The van der Waals surface area contributed by atoms with E-state index in [-0.39, 0.29) is 18.6 Å². The first-order valence-corrected chi connectivity index (χ1v) is 7.93. The second-order valence-electron chi connectivity index (χ2n) is 5.22. The lowest BCUT2D eigenvalue weighted by molar-refractivity contribution is 0.0302. The highest BCUT2D eigenvalue weighted by molar-refractivity contribution is 6.33. The average Bonchev–Trinajstić information content (AvgIpc) is 2.56. The molecule has 1 aromatic heterocycles. The molecule has 0 bridgehead atoms. The number of hydrogen-bond acceptors (Lipinski definition) is 5. The molecule has 122 valence electrons. The monoisotopic (exact) mass is 327 g/mol. The van der Waals surface area contributed by atoms with Crippen LogP contribution < -0.4 is 5.32 Å². The molecule has 6 nitrogen and oxygen atoms in total. The Morgan fingerprint density at radius 1 is 1.55 bits per heavy atom. The summed E-state index contributed by atoms with van der Waals surface area (Å²) in [7, 11) is 0. The van der Waals surface area contributed by atoms with Crippen molar-refractivity contribution in [3.63, 3.8) is 0 Å². The fourth-order valence-electron chi connectivity index (χ4n) is 2.34. The summed E-state index contributed by atoms with van der Waals surface area (Å²) >= 11 is 6.23. The normalized spacial score (nSPS) is 16.4. The molecule has 1 amide bonds. The summed E-state index contributed by atoms with van der Waals surface area (Å²) in [5, 5.41) is 12.6. The zero-order chi connectivity index (χ0) is 15.9. The van der Waals surface area contributed by atoms with Crippen LogP contribution in [0.25, 0.3) is 0 Å². The van der Waals surface area contributed by atoms with Gasteiger partial charge in [-0.05, 0) is 18.9 Å². The molecular formula is C15H22ClN3O3. The molecule has 1 saturated heterocycles. The van der Waals surface area contributed by atoms with E-state index in [1.165, 1.54) is 6.20 Å². The van der Waals surface area contributed by atoms with E-state index in [2.05, 4.69) is 10.3 Å². The minimum Gasteiger partial charge on any atom is -0.396 e. The quantitative estimate of drug-likeness (QED) is 0.833. The van der Waals surface area contributed by atoms with Gasteiger partial charge in [-0.1, -0.05) is 18.5 Å². The Kier molecular flexibility index (Phi) is 6.42. The first-order chi connectivity index (χ1) is 10.7. The average molecular weight is 328 g/mol. The van der Waals surface area contributed by atoms with E-state index in [9.17, 15) is 4.79 Å². The zero-order valence-corrected chi connectivity index (χ0v) is 13.5. The molecule has 22 heavy (non-hydrogen) atoms. The number of morpholine rings is 1. The first kappa shape index (κ1) is 17.0. The van der Waals surface area contributed by atoms with Gasteiger partial charge in [0.1, 0.15) is 5.82 Å². The van der Waals surface area contributed by atoms with E-state index in [4.69, 9.17) is 21.4 Å². The SMILES string of the molecule is CCC(CCO)Nc1ncc(C(=O)N2CCOCC2)cc1Cl. The highest BCUT2D eigenvalue weighted by atomic mass is 35.5. The summed E-state index contributed by atoms with van der Waals surface area (Å²) in [6.07, 6.45) is 3.02. The second kappa shape index (κ2) is 8.31. The van der Waals surface area contributed by atoms with E-state index in [0.29, 0.717) is 49.1 Å². The van der Waals surface area contributed by atoms with Crippen molar-refractivity contribution in [2.45, 2.75) is 25.8 Å². The fraction of sp³-hybridized carbons (Fsp3) is 0.600. The number of amides is 1. The summed E-state index contributed by atoms with van der Waals surface area (Å²) in [5.74, 6) is 0.465. The van der Waals surface area contributed by atoms with Gasteiger partial charge in [-0.15, -0.1) is 0 Å². The Morgan fingerprint density at radius 3 is 2.86 bits per heavy atom. The van der Waals surface area contributed by atoms with Crippen LogP contribution in [0.1, 0.15) is 30.1 Å². The second-order valence-corrected chi connectivity index (χ2v) is 5.63. The number of hydrogen-bond donors (Lipinski definition) is 2.